The normalized spacial score (nSPS) is 11.2. The van der Waals surface area contributed by atoms with Gasteiger partial charge in [-0.25, -0.2) is 13.1 Å². The first-order chi connectivity index (χ1) is 10.5. The average Bonchev–Trinajstić information content (AvgIpc) is 2.52. The highest BCUT2D eigenvalue weighted by Crippen LogP contribution is 2.17. The number of hydrogen-bond donors (Lipinski definition) is 1. The van der Waals surface area contributed by atoms with Crippen LogP contribution in [0.5, 0.6) is 11.5 Å². The summed E-state index contributed by atoms with van der Waals surface area (Å²) in [6, 6.07) is 13.5. The Bertz CT molecular complexity index is 699. The van der Waals surface area contributed by atoms with Crippen molar-refractivity contribution in [1.29, 1.82) is 0 Å². The molecule has 0 aliphatic heterocycles. The van der Waals surface area contributed by atoms with Gasteiger partial charge in [-0.2, -0.15) is 0 Å². The summed E-state index contributed by atoms with van der Waals surface area (Å²) in [6.07, 6.45) is 0. The lowest BCUT2D eigenvalue weighted by molar-refractivity contribution is 0.322. The topological polar surface area (TPSA) is 64.6 Å². The first kappa shape index (κ1) is 16.8. The first-order valence-corrected chi connectivity index (χ1v) is 8.81. The lowest BCUT2D eigenvalue weighted by atomic mass is 10.3. The van der Waals surface area contributed by atoms with Gasteiger partial charge in [0.05, 0.1) is 12.0 Å². The smallest absolute Gasteiger partial charge is 0.240 e. The van der Waals surface area contributed by atoms with Crippen molar-refractivity contribution in [2.45, 2.75) is 4.90 Å². The molecule has 2 aromatic rings. The number of benzene rings is 2. The van der Waals surface area contributed by atoms with Crippen LogP contribution in [-0.2, 0) is 10.0 Å². The molecule has 0 spiro atoms. The SMILES string of the molecule is COc1ccc(OCCNS(=O)(=O)c2ccc(Br)cc2)cc1. The van der Waals surface area contributed by atoms with E-state index in [0.717, 1.165) is 10.2 Å². The highest BCUT2D eigenvalue weighted by Gasteiger charge is 2.12. The van der Waals surface area contributed by atoms with Crippen LogP contribution in [0.3, 0.4) is 0 Å². The van der Waals surface area contributed by atoms with Gasteiger partial charge in [0.2, 0.25) is 10.0 Å². The Balaban J connectivity index is 1.83. The minimum Gasteiger partial charge on any atom is -0.497 e. The Hall–Kier alpha value is -1.57. The second kappa shape index (κ2) is 7.62. The summed E-state index contributed by atoms with van der Waals surface area (Å²) >= 11 is 3.27. The molecule has 0 fully saturated rings. The fraction of sp³-hybridized carbons (Fsp3) is 0.200. The molecule has 118 valence electrons. The van der Waals surface area contributed by atoms with E-state index in [0.29, 0.717) is 5.75 Å². The molecule has 0 aromatic heterocycles. The first-order valence-electron chi connectivity index (χ1n) is 6.53. The van der Waals surface area contributed by atoms with Gasteiger partial charge < -0.3 is 9.47 Å². The predicted molar refractivity (Wildman–Crippen MR) is 87.8 cm³/mol. The molecule has 0 aliphatic carbocycles. The van der Waals surface area contributed by atoms with E-state index in [4.69, 9.17) is 9.47 Å². The molecule has 7 heteroatoms. The quantitative estimate of drug-likeness (QED) is 0.744. The van der Waals surface area contributed by atoms with Crippen molar-refractivity contribution in [1.82, 2.24) is 4.72 Å². The van der Waals surface area contributed by atoms with Crippen LogP contribution < -0.4 is 14.2 Å². The standard InChI is InChI=1S/C15H16BrNO4S/c1-20-13-4-6-14(7-5-13)21-11-10-17-22(18,19)15-8-2-12(16)3-9-15/h2-9,17H,10-11H2,1H3. The summed E-state index contributed by atoms with van der Waals surface area (Å²) in [6.45, 7) is 0.423. The average molecular weight is 386 g/mol. The van der Waals surface area contributed by atoms with E-state index in [1.165, 1.54) is 12.1 Å². The van der Waals surface area contributed by atoms with Gasteiger partial charge in [0, 0.05) is 11.0 Å². The molecule has 0 atom stereocenters. The summed E-state index contributed by atoms with van der Waals surface area (Å²) in [5.41, 5.74) is 0. The highest BCUT2D eigenvalue weighted by atomic mass is 79.9. The molecular formula is C15H16BrNO4S. The minimum atomic E-state index is -3.51. The number of halogens is 1. The van der Waals surface area contributed by atoms with Crippen LogP contribution in [-0.4, -0.2) is 28.7 Å². The van der Waals surface area contributed by atoms with E-state index in [9.17, 15) is 8.42 Å². The lowest BCUT2D eigenvalue weighted by Crippen LogP contribution is -2.28. The maximum absolute atomic E-state index is 12.0. The Labute approximate surface area is 138 Å². The van der Waals surface area contributed by atoms with E-state index in [1.807, 2.05) is 0 Å². The maximum atomic E-state index is 12.0. The van der Waals surface area contributed by atoms with Crippen molar-refractivity contribution in [3.8, 4) is 11.5 Å². The second-order valence-electron chi connectivity index (χ2n) is 4.38. The number of hydrogen-bond acceptors (Lipinski definition) is 4. The molecule has 0 saturated heterocycles. The molecule has 0 bridgehead atoms. The van der Waals surface area contributed by atoms with Gasteiger partial charge in [-0.05, 0) is 48.5 Å². The largest absolute Gasteiger partial charge is 0.497 e. The van der Waals surface area contributed by atoms with Crippen LogP contribution in [0.1, 0.15) is 0 Å². The number of ether oxygens (including phenoxy) is 2. The Kier molecular flexibility index (Phi) is 5.82. The zero-order valence-corrected chi connectivity index (χ0v) is 14.4. The van der Waals surface area contributed by atoms with Gasteiger partial charge in [-0.15, -0.1) is 0 Å². The van der Waals surface area contributed by atoms with Crippen molar-refractivity contribution in [3.63, 3.8) is 0 Å². The summed E-state index contributed by atoms with van der Waals surface area (Å²) in [5.74, 6) is 1.40. The Morgan fingerprint density at radius 1 is 1.00 bits per heavy atom. The summed E-state index contributed by atoms with van der Waals surface area (Å²) in [4.78, 5) is 0.222. The third-order valence-corrected chi connectivity index (χ3v) is 4.85. The molecule has 0 amide bonds. The van der Waals surface area contributed by atoms with Crippen molar-refractivity contribution in [3.05, 3.63) is 53.0 Å². The number of methoxy groups -OCH3 is 1. The minimum absolute atomic E-state index is 0.185. The molecule has 0 aliphatic rings. The van der Waals surface area contributed by atoms with Crippen molar-refractivity contribution < 1.29 is 17.9 Å². The maximum Gasteiger partial charge on any atom is 0.240 e. The Morgan fingerprint density at radius 2 is 1.59 bits per heavy atom. The number of nitrogens with one attached hydrogen (secondary N) is 1. The van der Waals surface area contributed by atoms with Gasteiger partial charge in [-0.3, -0.25) is 0 Å². The third kappa shape index (κ3) is 4.72. The van der Waals surface area contributed by atoms with Crippen molar-refractivity contribution >= 4 is 26.0 Å². The molecule has 5 nitrogen and oxygen atoms in total. The molecule has 2 rings (SSSR count). The van der Waals surface area contributed by atoms with E-state index >= 15 is 0 Å². The Morgan fingerprint density at radius 3 is 2.18 bits per heavy atom. The molecule has 22 heavy (non-hydrogen) atoms. The van der Waals surface area contributed by atoms with E-state index in [-0.39, 0.29) is 18.0 Å². The van der Waals surface area contributed by atoms with Gasteiger partial charge in [-0.1, -0.05) is 15.9 Å². The number of sulfonamides is 1. The molecule has 0 heterocycles. The van der Waals surface area contributed by atoms with Gasteiger partial charge >= 0.3 is 0 Å². The van der Waals surface area contributed by atoms with Crippen LogP contribution in [0.15, 0.2) is 57.9 Å². The van der Waals surface area contributed by atoms with Crippen molar-refractivity contribution in [2.75, 3.05) is 20.3 Å². The van der Waals surface area contributed by atoms with Crippen LogP contribution in [0.2, 0.25) is 0 Å². The van der Waals surface area contributed by atoms with Crippen LogP contribution in [0, 0.1) is 0 Å². The zero-order valence-electron chi connectivity index (χ0n) is 12.0. The molecule has 2 aromatic carbocycles. The molecule has 0 radical (unpaired) electrons. The van der Waals surface area contributed by atoms with Gasteiger partial charge in [0.15, 0.2) is 0 Å². The molecule has 1 N–H and O–H groups in total. The fourth-order valence-electron chi connectivity index (χ4n) is 1.71. The van der Waals surface area contributed by atoms with Crippen LogP contribution in [0.25, 0.3) is 0 Å². The fourth-order valence-corrected chi connectivity index (χ4v) is 2.99. The molecule has 0 saturated carbocycles. The second-order valence-corrected chi connectivity index (χ2v) is 7.06. The predicted octanol–water partition coefficient (Wildman–Crippen LogP) is 2.82. The molecular weight excluding hydrogens is 370 g/mol. The monoisotopic (exact) mass is 385 g/mol. The summed E-state index contributed by atoms with van der Waals surface area (Å²) in [5, 5.41) is 0. The van der Waals surface area contributed by atoms with Crippen LogP contribution in [0.4, 0.5) is 0 Å². The summed E-state index contributed by atoms with van der Waals surface area (Å²) < 4.78 is 37.9. The van der Waals surface area contributed by atoms with Crippen LogP contribution >= 0.6 is 15.9 Å². The molecule has 0 unspecified atom stereocenters. The lowest BCUT2D eigenvalue weighted by Gasteiger charge is -2.09. The number of rotatable bonds is 7. The van der Waals surface area contributed by atoms with Gasteiger partial charge in [0.25, 0.3) is 0 Å². The third-order valence-electron chi connectivity index (χ3n) is 2.85. The highest BCUT2D eigenvalue weighted by molar-refractivity contribution is 9.10. The van der Waals surface area contributed by atoms with E-state index < -0.39 is 10.0 Å². The summed E-state index contributed by atoms with van der Waals surface area (Å²) in [7, 11) is -1.92. The zero-order chi connectivity index (χ0) is 16.0. The van der Waals surface area contributed by atoms with Gasteiger partial charge in [0.1, 0.15) is 18.1 Å². The van der Waals surface area contributed by atoms with E-state index in [2.05, 4.69) is 20.7 Å². The van der Waals surface area contributed by atoms with E-state index in [1.54, 1.807) is 43.5 Å². The van der Waals surface area contributed by atoms with Crippen molar-refractivity contribution in [2.24, 2.45) is 0 Å².